The number of carbonyl (C=O) groups excluding carboxylic acids is 1. The van der Waals surface area contributed by atoms with Crippen molar-refractivity contribution < 1.29 is 9.53 Å². The van der Waals surface area contributed by atoms with Gasteiger partial charge in [-0.25, -0.2) is 0 Å². The average molecular weight is 301 g/mol. The molecule has 0 unspecified atom stereocenters. The van der Waals surface area contributed by atoms with E-state index in [2.05, 4.69) is 5.32 Å². The van der Waals surface area contributed by atoms with Crippen LogP contribution in [0, 0.1) is 5.41 Å². The molecule has 114 valence electrons. The van der Waals surface area contributed by atoms with E-state index in [1.165, 1.54) is 0 Å². The quantitative estimate of drug-likeness (QED) is 0.812. The van der Waals surface area contributed by atoms with Gasteiger partial charge in [-0.05, 0) is 44.0 Å². The van der Waals surface area contributed by atoms with Crippen molar-refractivity contribution in [2.45, 2.75) is 33.6 Å². The number of rotatable bonds is 7. The lowest BCUT2D eigenvalue weighted by molar-refractivity contribution is -0.125. The van der Waals surface area contributed by atoms with Gasteiger partial charge in [0.25, 0.3) is 0 Å². The van der Waals surface area contributed by atoms with Crippen molar-refractivity contribution in [2.75, 3.05) is 18.5 Å². The molecule has 1 rings (SSSR count). The zero-order valence-corrected chi connectivity index (χ0v) is 13.3. The lowest BCUT2D eigenvalue weighted by Crippen LogP contribution is -2.41. The number of carbonyl (C=O) groups is 1. The summed E-state index contributed by atoms with van der Waals surface area (Å²) < 4.78 is 5.36. The summed E-state index contributed by atoms with van der Waals surface area (Å²) in [7, 11) is 0. The largest absolute Gasteiger partial charge is 0.494 e. The average Bonchev–Trinajstić information content (AvgIpc) is 2.44. The monoisotopic (exact) mass is 300 g/mol. The number of ether oxygens (including phenoxy) is 1. The van der Waals surface area contributed by atoms with Crippen molar-refractivity contribution in [3.05, 3.63) is 24.3 Å². The van der Waals surface area contributed by atoms with Gasteiger partial charge in [-0.3, -0.25) is 4.79 Å². The molecule has 0 saturated carbocycles. The van der Waals surface area contributed by atoms with Gasteiger partial charge < -0.3 is 15.8 Å². The highest BCUT2D eigenvalue weighted by Gasteiger charge is 2.33. The van der Waals surface area contributed by atoms with Gasteiger partial charge in [0.15, 0.2) is 0 Å². The van der Waals surface area contributed by atoms with Crippen LogP contribution in [0.2, 0.25) is 0 Å². The number of halogens is 1. The summed E-state index contributed by atoms with van der Waals surface area (Å²) in [5.41, 5.74) is 6.06. The van der Waals surface area contributed by atoms with Crippen LogP contribution in [0.4, 0.5) is 5.69 Å². The third-order valence-electron chi connectivity index (χ3n) is 3.65. The molecule has 1 amide bonds. The number of hydrogen-bond acceptors (Lipinski definition) is 3. The highest BCUT2D eigenvalue weighted by Crippen LogP contribution is 2.27. The van der Waals surface area contributed by atoms with E-state index in [4.69, 9.17) is 10.5 Å². The SMILES string of the molecule is CCOc1ccc(NC(=O)C(CC)(CC)CN)cc1.Cl. The van der Waals surface area contributed by atoms with Crippen LogP contribution in [0.25, 0.3) is 0 Å². The van der Waals surface area contributed by atoms with Crippen LogP contribution < -0.4 is 15.8 Å². The van der Waals surface area contributed by atoms with E-state index >= 15 is 0 Å². The maximum Gasteiger partial charge on any atom is 0.231 e. The zero-order chi connectivity index (χ0) is 14.3. The zero-order valence-electron chi connectivity index (χ0n) is 12.4. The Morgan fingerprint density at radius 3 is 2.15 bits per heavy atom. The third-order valence-corrected chi connectivity index (χ3v) is 3.65. The molecule has 1 aromatic carbocycles. The van der Waals surface area contributed by atoms with E-state index < -0.39 is 5.41 Å². The molecule has 0 aliphatic carbocycles. The second kappa shape index (κ2) is 8.82. The maximum atomic E-state index is 12.3. The molecule has 20 heavy (non-hydrogen) atoms. The van der Waals surface area contributed by atoms with Gasteiger partial charge in [-0.1, -0.05) is 13.8 Å². The van der Waals surface area contributed by atoms with Crippen molar-refractivity contribution in [3.63, 3.8) is 0 Å². The Balaban J connectivity index is 0.00000361. The van der Waals surface area contributed by atoms with E-state index in [0.717, 1.165) is 24.3 Å². The minimum atomic E-state index is -0.474. The first-order valence-electron chi connectivity index (χ1n) is 6.86. The number of nitrogens with two attached hydrogens (primary N) is 1. The van der Waals surface area contributed by atoms with E-state index in [1.54, 1.807) is 0 Å². The number of nitrogens with one attached hydrogen (secondary N) is 1. The molecule has 5 heteroatoms. The van der Waals surface area contributed by atoms with Crippen LogP contribution in [0.3, 0.4) is 0 Å². The van der Waals surface area contributed by atoms with Gasteiger partial charge in [0.2, 0.25) is 5.91 Å². The second-order valence-corrected chi connectivity index (χ2v) is 4.60. The van der Waals surface area contributed by atoms with Gasteiger partial charge >= 0.3 is 0 Å². The van der Waals surface area contributed by atoms with E-state index in [0.29, 0.717) is 13.2 Å². The van der Waals surface area contributed by atoms with Gasteiger partial charge in [-0.15, -0.1) is 12.4 Å². The fourth-order valence-electron chi connectivity index (χ4n) is 2.02. The Kier molecular flexibility index (Phi) is 8.26. The first kappa shape index (κ1) is 18.7. The summed E-state index contributed by atoms with van der Waals surface area (Å²) in [4.78, 5) is 12.3. The number of hydrogen-bond donors (Lipinski definition) is 2. The van der Waals surface area contributed by atoms with Crippen LogP contribution in [0.1, 0.15) is 33.6 Å². The lowest BCUT2D eigenvalue weighted by Gasteiger charge is -2.28. The summed E-state index contributed by atoms with van der Waals surface area (Å²) in [5.74, 6) is 0.792. The molecule has 0 atom stereocenters. The summed E-state index contributed by atoms with van der Waals surface area (Å²) in [5, 5.41) is 2.93. The summed E-state index contributed by atoms with van der Waals surface area (Å²) in [6.07, 6.45) is 1.48. The van der Waals surface area contributed by atoms with Crippen molar-refractivity contribution in [3.8, 4) is 5.75 Å². The lowest BCUT2D eigenvalue weighted by atomic mass is 9.81. The molecule has 0 fully saturated rings. The van der Waals surface area contributed by atoms with E-state index in [-0.39, 0.29) is 18.3 Å². The predicted octanol–water partition coefficient (Wildman–Crippen LogP) is 3.21. The van der Waals surface area contributed by atoms with Crippen LogP contribution in [-0.4, -0.2) is 19.1 Å². The molecule has 0 aromatic heterocycles. The Morgan fingerprint density at radius 2 is 1.75 bits per heavy atom. The Bertz CT molecular complexity index is 395. The highest BCUT2D eigenvalue weighted by molar-refractivity contribution is 5.95. The topological polar surface area (TPSA) is 64.3 Å². The maximum absolute atomic E-state index is 12.3. The Morgan fingerprint density at radius 1 is 1.20 bits per heavy atom. The number of benzene rings is 1. The first-order chi connectivity index (χ1) is 9.11. The van der Waals surface area contributed by atoms with Crippen LogP contribution >= 0.6 is 12.4 Å². The number of amides is 1. The van der Waals surface area contributed by atoms with Gasteiger partial charge in [-0.2, -0.15) is 0 Å². The van der Waals surface area contributed by atoms with Crippen LogP contribution in [0.5, 0.6) is 5.75 Å². The molecule has 0 spiro atoms. The summed E-state index contributed by atoms with van der Waals surface area (Å²) in [6.45, 7) is 6.92. The normalized spacial score (nSPS) is 10.6. The van der Waals surface area contributed by atoms with Crippen LogP contribution in [0.15, 0.2) is 24.3 Å². The van der Waals surface area contributed by atoms with Gasteiger partial charge in [0, 0.05) is 12.2 Å². The molecule has 0 radical (unpaired) electrons. The Hall–Kier alpha value is -1.26. The molecule has 0 aliphatic rings. The molecule has 0 aliphatic heterocycles. The van der Waals surface area contributed by atoms with Crippen molar-refractivity contribution in [1.82, 2.24) is 0 Å². The molecular formula is C15H25ClN2O2. The molecule has 0 bridgehead atoms. The van der Waals surface area contributed by atoms with Gasteiger partial charge in [0.05, 0.1) is 12.0 Å². The van der Waals surface area contributed by atoms with E-state index in [1.807, 2.05) is 45.0 Å². The molecule has 3 N–H and O–H groups in total. The summed E-state index contributed by atoms with van der Waals surface area (Å²) in [6, 6.07) is 7.38. The third kappa shape index (κ3) is 4.39. The molecular weight excluding hydrogens is 276 g/mol. The predicted molar refractivity (Wildman–Crippen MR) is 85.6 cm³/mol. The van der Waals surface area contributed by atoms with Crippen molar-refractivity contribution >= 4 is 24.0 Å². The first-order valence-corrected chi connectivity index (χ1v) is 6.86. The standard InChI is InChI=1S/C15H24N2O2.ClH/c1-4-15(5-2,11-16)14(18)17-12-7-9-13(10-8-12)19-6-3;/h7-10H,4-6,11,16H2,1-3H3,(H,17,18);1H. The molecule has 1 aromatic rings. The minimum Gasteiger partial charge on any atom is -0.494 e. The van der Waals surface area contributed by atoms with Crippen LogP contribution in [-0.2, 0) is 4.79 Å². The Labute approximate surface area is 127 Å². The highest BCUT2D eigenvalue weighted by atomic mass is 35.5. The molecule has 0 saturated heterocycles. The van der Waals surface area contributed by atoms with Crippen molar-refractivity contribution in [1.29, 1.82) is 0 Å². The molecule has 4 nitrogen and oxygen atoms in total. The fraction of sp³-hybridized carbons (Fsp3) is 0.533. The smallest absolute Gasteiger partial charge is 0.231 e. The van der Waals surface area contributed by atoms with Gasteiger partial charge in [0.1, 0.15) is 5.75 Å². The summed E-state index contributed by atoms with van der Waals surface area (Å²) >= 11 is 0. The van der Waals surface area contributed by atoms with E-state index in [9.17, 15) is 4.79 Å². The fourth-order valence-corrected chi connectivity index (χ4v) is 2.02. The second-order valence-electron chi connectivity index (χ2n) is 4.60. The number of anilines is 1. The minimum absolute atomic E-state index is 0. The molecule has 0 heterocycles. The van der Waals surface area contributed by atoms with Crippen molar-refractivity contribution in [2.24, 2.45) is 11.1 Å².